The zero-order valence-electron chi connectivity index (χ0n) is 10.5. The second-order valence-corrected chi connectivity index (χ2v) is 4.37. The Balaban J connectivity index is 2.05. The summed E-state index contributed by atoms with van der Waals surface area (Å²) in [5.41, 5.74) is 0.979. The Labute approximate surface area is 106 Å². The van der Waals surface area contributed by atoms with Gasteiger partial charge in [0.25, 0.3) is 0 Å². The first-order valence-electron chi connectivity index (χ1n) is 5.83. The maximum atomic E-state index is 12.0. The van der Waals surface area contributed by atoms with Gasteiger partial charge in [-0.05, 0) is 18.9 Å². The minimum absolute atomic E-state index is 0.119. The molecule has 0 aromatic carbocycles. The van der Waals surface area contributed by atoms with Gasteiger partial charge in [0, 0.05) is 19.7 Å². The van der Waals surface area contributed by atoms with Gasteiger partial charge in [-0.2, -0.15) is 5.10 Å². The molecule has 18 heavy (non-hydrogen) atoms. The Bertz CT molecular complexity index is 536. The number of carbonyl (C=O) groups is 2. The second-order valence-electron chi connectivity index (χ2n) is 4.37. The van der Waals surface area contributed by atoms with Crippen LogP contribution in [0.15, 0.2) is 12.4 Å². The van der Waals surface area contributed by atoms with Crippen LogP contribution in [0.1, 0.15) is 18.9 Å². The summed E-state index contributed by atoms with van der Waals surface area (Å²) in [6.45, 7) is 1.90. The van der Waals surface area contributed by atoms with Crippen LogP contribution in [0.3, 0.4) is 0 Å². The highest BCUT2D eigenvalue weighted by Crippen LogP contribution is 2.22. The van der Waals surface area contributed by atoms with Crippen molar-refractivity contribution < 1.29 is 9.59 Å². The number of imide groups is 1. The first kappa shape index (κ1) is 12.4. The second kappa shape index (κ2) is 5.05. The highest BCUT2D eigenvalue weighted by Gasteiger charge is 2.37. The van der Waals surface area contributed by atoms with E-state index in [-0.39, 0.29) is 30.7 Å². The molecule has 0 radical (unpaired) electrons. The number of hydrogen-bond acceptors (Lipinski definition) is 3. The first-order chi connectivity index (χ1) is 8.61. The Morgan fingerprint density at radius 1 is 1.50 bits per heavy atom. The van der Waals surface area contributed by atoms with Crippen molar-refractivity contribution in [2.75, 3.05) is 6.54 Å². The number of rotatable bonds is 3. The third-order valence-electron chi connectivity index (χ3n) is 2.99. The Morgan fingerprint density at radius 3 is 2.89 bits per heavy atom. The zero-order chi connectivity index (χ0) is 13.1. The Morgan fingerprint density at radius 2 is 2.28 bits per heavy atom. The predicted molar refractivity (Wildman–Crippen MR) is 65.2 cm³/mol. The summed E-state index contributed by atoms with van der Waals surface area (Å²) in [5, 5.41) is 4.06. The highest BCUT2D eigenvalue weighted by molar-refractivity contribution is 6.03. The molecule has 1 aromatic rings. The largest absolute Gasteiger partial charge is 0.276 e. The molecular formula is C13H15N3O2. The van der Waals surface area contributed by atoms with E-state index in [1.807, 2.05) is 13.2 Å². The van der Waals surface area contributed by atoms with Crippen LogP contribution in [-0.4, -0.2) is 33.0 Å². The number of nitrogens with zero attached hydrogens (tertiary/aromatic N) is 3. The molecule has 1 unspecified atom stereocenters. The molecule has 5 nitrogen and oxygen atoms in total. The van der Waals surface area contributed by atoms with E-state index in [1.54, 1.807) is 17.8 Å². The van der Waals surface area contributed by atoms with E-state index in [0.29, 0.717) is 6.42 Å². The SMILES string of the molecule is CC#CCN1C(=O)CC(Cc2cnn(C)c2)C1=O. The van der Waals surface area contributed by atoms with Crippen molar-refractivity contribution >= 4 is 11.8 Å². The van der Waals surface area contributed by atoms with Gasteiger partial charge in [0.05, 0.1) is 18.7 Å². The molecule has 0 saturated carbocycles. The average Bonchev–Trinajstić information content (AvgIpc) is 2.84. The summed E-state index contributed by atoms with van der Waals surface area (Å²) in [6.07, 6.45) is 4.44. The fourth-order valence-corrected chi connectivity index (χ4v) is 2.10. The maximum absolute atomic E-state index is 12.0. The van der Waals surface area contributed by atoms with E-state index in [4.69, 9.17) is 0 Å². The molecule has 1 aliphatic heterocycles. The topological polar surface area (TPSA) is 55.2 Å². The third kappa shape index (κ3) is 2.43. The standard InChI is InChI=1S/C13H15N3O2/c1-3-4-5-16-12(17)7-11(13(16)18)6-10-8-14-15(2)9-10/h8-9,11H,5-7H2,1-2H3. The Kier molecular flexibility index (Phi) is 3.47. The zero-order valence-corrected chi connectivity index (χ0v) is 10.5. The van der Waals surface area contributed by atoms with Crippen molar-refractivity contribution in [3.8, 4) is 11.8 Å². The fourth-order valence-electron chi connectivity index (χ4n) is 2.10. The lowest BCUT2D eigenvalue weighted by Crippen LogP contribution is -2.31. The molecule has 2 heterocycles. The summed E-state index contributed by atoms with van der Waals surface area (Å²) in [4.78, 5) is 25.0. The number of carbonyl (C=O) groups excluding carboxylic acids is 2. The minimum atomic E-state index is -0.264. The van der Waals surface area contributed by atoms with E-state index >= 15 is 0 Å². The predicted octanol–water partition coefficient (Wildman–Crippen LogP) is 0.361. The minimum Gasteiger partial charge on any atom is -0.276 e. The van der Waals surface area contributed by atoms with Gasteiger partial charge in [0.1, 0.15) is 0 Å². The molecule has 94 valence electrons. The van der Waals surface area contributed by atoms with Gasteiger partial charge in [-0.15, -0.1) is 5.92 Å². The smallest absolute Gasteiger partial charge is 0.233 e. The molecular weight excluding hydrogens is 230 g/mol. The molecule has 1 aliphatic rings. The Hall–Kier alpha value is -2.09. The van der Waals surface area contributed by atoms with Crippen LogP contribution >= 0.6 is 0 Å². The van der Waals surface area contributed by atoms with Crippen LogP contribution < -0.4 is 0 Å². The molecule has 5 heteroatoms. The van der Waals surface area contributed by atoms with Crippen LogP contribution in [0.5, 0.6) is 0 Å². The molecule has 0 spiro atoms. The summed E-state index contributed by atoms with van der Waals surface area (Å²) >= 11 is 0. The lowest BCUT2D eigenvalue weighted by molar-refractivity contribution is -0.138. The van der Waals surface area contributed by atoms with E-state index in [2.05, 4.69) is 16.9 Å². The van der Waals surface area contributed by atoms with Crippen LogP contribution in [0.2, 0.25) is 0 Å². The maximum Gasteiger partial charge on any atom is 0.233 e. The van der Waals surface area contributed by atoms with Crippen molar-refractivity contribution in [3.05, 3.63) is 18.0 Å². The molecule has 0 bridgehead atoms. The molecule has 2 amide bonds. The van der Waals surface area contributed by atoms with Gasteiger partial charge in [0.15, 0.2) is 0 Å². The average molecular weight is 245 g/mol. The lowest BCUT2D eigenvalue weighted by Gasteiger charge is -2.10. The summed E-state index contributed by atoms with van der Waals surface area (Å²) in [5.74, 6) is 4.94. The molecule has 0 aliphatic carbocycles. The number of aryl methyl sites for hydroxylation is 1. The summed E-state index contributed by atoms with van der Waals surface area (Å²) in [6, 6.07) is 0. The number of amides is 2. The lowest BCUT2D eigenvalue weighted by atomic mass is 10.0. The number of hydrogen-bond donors (Lipinski definition) is 0. The van der Waals surface area contributed by atoms with Crippen molar-refractivity contribution in [1.29, 1.82) is 0 Å². The number of aromatic nitrogens is 2. The van der Waals surface area contributed by atoms with Gasteiger partial charge in [-0.25, -0.2) is 0 Å². The van der Waals surface area contributed by atoms with Crippen molar-refractivity contribution in [2.45, 2.75) is 19.8 Å². The molecule has 2 rings (SSSR count). The van der Waals surface area contributed by atoms with Gasteiger partial charge in [-0.3, -0.25) is 19.2 Å². The molecule has 1 aromatic heterocycles. The van der Waals surface area contributed by atoms with E-state index in [9.17, 15) is 9.59 Å². The highest BCUT2D eigenvalue weighted by atomic mass is 16.2. The van der Waals surface area contributed by atoms with Crippen molar-refractivity contribution in [3.63, 3.8) is 0 Å². The molecule has 0 N–H and O–H groups in total. The van der Waals surface area contributed by atoms with E-state index < -0.39 is 0 Å². The van der Waals surface area contributed by atoms with Gasteiger partial charge in [0.2, 0.25) is 11.8 Å². The number of likely N-dealkylation sites (tertiary alicyclic amines) is 1. The normalized spacial score (nSPS) is 19.0. The van der Waals surface area contributed by atoms with Gasteiger partial charge in [-0.1, -0.05) is 5.92 Å². The third-order valence-corrected chi connectivity index (χ3v) is 2.99. The van der Waals surface area contributed by atoms with Crippen molar-refractivity contribution in [1.82, 2.24) is 14.7 Å². The first-order valence-corrected chi connectivity index (χ1v) is 5.83. The monoisotopic (exact) mass is 245 g/mol. The van der Waals surface area contributed by atoms with Gasteiger partial charge < -0.3 is 0 Å². The quantitative estimate of drug-likeness (QED) is 0.571. The molecule has 1 fully saturated rings. The van der Waals surface area contributed by atoms with Gasteiger partial charge >= 0.3 is 0 Å². The van der Waals surface area contributed by atoms with Crippen LogP contribution in [0.25, 0.3) is 0 Å². The molecule has 1 atom stereocenters. The van der Waals surface area contributed by atoms with E-state index in [0.717, 1.165) is 5.56 Å². The summed E-state index contributed by atoms with van der Waals surface area (Å²) in [7, 11) is 1.83. The van der Waals surface area contributed by atoms with Crippen LogP contribution in [0.4, 0.5) is 0 Å². The van der Waals surface area contributed by atoms with Crippen LogP contribution in [0, 0.1) is 17.8 Å². The fraction of sp³-hybridized carbons (Fsp3) is 0.462. The van der Waals surface area contributed by atoms with Crippen LogP contribution in [-0.2, 0) is 23.1 Å². The summed E-state index contributed by atoms with van der Waals surface area (Å²) < 4.78 is 1.69. The molecule has 1 saturated heterocycles. The van der Waals surface area contributed by atoms with Crippen molar-refractivity contribution in [2.24, 2.45) is 13.0 Å². The van der Waals surface area contributed by atoms with E-state index in [1.165, 1.54) is 4.90 Å².